The highest BCUT2D eigenvalue weighted by molar-refractivity contribution is 5.82. The van der Waals surface area contributed by atoms with E-state index in [1.165, 1.54) is 0 Å². The molecule has 1 aromatic rings. The van der Waals surface area contributed by atoms with Gasteiger partial charge in [0.25, 0.3) is 5.56 Å². The number of carbonyl (C=O) groups excluding carboxylic acids is 2. The molecular formula is C22H32N6O3. The van der Waals surface area contributed by atoms with Crippen molar-refractivity contribution in [3.05, 3.63) is 27.4 Å². The smallest absolute Gasteiger partial charge is 0.254 e. The minimum atomic E-state index is -0.205. The average molecular weight is 429 g/mol. The molecule has 0 spiro atoms. The van der Waals surface area contributed by atoms with Gasteiger partial charge in [-0.25, -0.2) is 10.4 Å². The molecule has 2 amide bonds. The number of fused-ring (bicyclic) bond motifs is 1. The first-order valence-electron chi connectivity index (χ1n) is 11.6. The van der Waals surface area contributed by atoms with Crippen LogP contribution in [0.3, 0.4) is 0 Å². The molecule has 1 saturated carbocycles. The summed E-state index contributed by atoms with van der Waals surface area (Å²) in [4.78, 5) is 49.6. The number of nitrogens with zero attached hydrogens (tertiary/aromatic N) is 3. The maximum absolute atomic E-state index is 13.0. The van der Waals surface area contributed by atoms with Crippen molar-refractivity contribution in [3.63, 3.8) is 0 Å². The fourth-order valence-electron chi connectivity index (χ4n) is 5.01. The molecule has 3 N–H and O–H groups in total. The third-order valence-corrected chi connectivity index (χ3v) is 7.25. The Kier molecular flexibility index (Phi) is 5.34. The average Bonchev–Trinajstić information content (AvgIpc) is 3.27. The van der Waals surface area contributed by atoms with E-state index in [-0.39, 0.29) is 35.3 Å². The maximum atomic E-state index is 13.0. The fourth-order valence-corrected chi connectivity index (χ4v) is 5.01. The first-order valence-corrected chi connectivity index (χ1v) is 11.6. The highest BCUT2D eigenvalue weighted by Crippen LogP contribution is 2.33. The van der Waals surface area contributed by atoms with Crippen molar-refractivity contribution in [3.8, 4) is 0 Å². The quantitative estimate of drug-likeness (QED) is 0.635. The number of amides is 2. The Balaban J connectivity index is 1.27. The molecule has 31 heavy (non-hydrogen) atoms. The Morgan fingerprint density at radius 1 is 1.06 bits per heavy atom. The molecule has 1 aliphatic carbocycles. The molecule has 9 heteroatoms. The molecule has 3 unspecified atom stereocenters. The van der Waals surface area contributed by atoms with Crippen LogP contribution in [-0.4, -0.2) is 63.3 Å². The molecule has 5 rings (SSSR count). The number of carbonyl (C=O) groups is 2. The summed E-state index contributed by atoms with van der Waals surface area (Å²) in [6.07, 6.45) is 4.09. The van der Waals surface area contributed by atoms with Crippen molar-refractivity contribution in [1.82, 2.24) is 30.6 Å². The van der Waals surface area contributed by atoms with E-state index in [2.05, 4.69) is 29.7 Å². The minimum absolute atomic E-state index is 0.0201. The summed E-state index contributed by atoms with van der Waals surface area (Å²) in [6.45, 7) is 6.55. The van der Waals surface area contributed by atoms with Gasteiger partial charge in [0.15, 0.2) is 0 Å². The molecule has 4 aliphatic rings. The second-order valence-corrected chi connectivity index (χ2v) is 9.86. The SMILES string of the molecule is CC(C)C1CC(C(=O)N2CCC(c3nc4c(c(=O)[nH]3)CCN(C(=O)C3CC3)C4)C2)NN1. The molecule has 9 nitrogen and oxygen atoms in total. The van der Waals surface area contributed by atoms with E-state index in [0.29, 0.717) is 55.9 Å². The van der Waals surface area contributed by atoms with Crippen molar-refractivity contribution in [2.24, 2.45) is 11.8 Å². The molecule has 0 bridgehead atoms. The summed E-state index contributed by atoms with van der Waals surface area (Å²) in [6, 6.07) is 0.0935. The molecule has 3 atom stereocenters. The predicted octanol–water partition coefficient (Wildman–Crippen LogP) is 0.272. The van der Waals surface area contributed by atoms with Gasteiger partial charge < -0.3 is 14.8 Å². The van der Waals surface area contributed by atoms with Crippen LogP contribution in [0.15, 0.2) is 4.79 Å². The van der Waals surface area contributed by atoms with Crippen LogP contribution in [0.1, 0.15) is 62.5 Å². The van der Waals surface area contributed by atoms with Crippen molar-refractivity contribution in [2.45, 2.75) is 70.5 Å². The Morgan fingerprint density at radius 3 is 2.58 bits per heavy atom. The molecule has 3 aliphatic heterocycles. The first kappa shape index (κ1) is 20.6. The van der Waals surface area contributed by atoms with Gasteiger partial charge in [0, 0.05) is 43.1 Å². The monoisotopic (exact) mass is 428 g/mol. The fraction of sp³-hybridized carbons (Fsp3) is 0.727. The number of nitrogens with one attached hydrogen (secondary N) is 3. The maximum Gasteiger partial charge on any atom is 0.254 e. The van der Waals surface area contributed by atoms with Gasteiger partial charge in [0.05, 0.1) is 12.2 Å². The van der Waals surface area contributed by atoms with E-state index in [1.807, 2.05) is 9.80 Å². The predicted molar refractivity (Wildman–Crippen MR) is 114 cm³/mol. The van der Waals surface area contributed by atoms with Crippen LogP contribution >= 0.6 is 0 Å². The van der Waals surface area contributed by atoms with Gasteiger partial charge in [0.2, 0.25) is 11.8 Å². The van der Waals surface area contributed by atoms with Crippen LogP contribution in [0.4, 0.5) is 0 Å². The van der Waals surface area contributed by atoms with E-state index < -0.39 is 0 Å². The lowest BCUT2D eigenvalue weighted by atomic mass is 9.99. The molecule has 168 valence electrons. The van der Waals surface area contributed by atoms with Crippen LogP contribution in [-0.2, 0) is 22.6 Å². The number of aromatic amines is 1. The number of hydrogen-bond donors (Lipinski definition) is 3. The molecule has 3 fully saturated rings. The normalized spacial score (nSPS) is 28.3. The summed E-state index contributed by atoms with van der Waals surface area (Å²) in [5, 5.41) is 0. The number of aromatic nitrogens is 2. The largest absolute Gasteiger partial charge is 0.341 e. The van der Waals surface area contributed by atoms with Crippen LogP contribution < -0.4 is 16.4 Å². The van der Waals surface area contributed by atoms with Crippen LogP contribution in [0.25, 0.3) is 0 Å². The molecule has 0 aromatic carbocycles. The van der Waals surface area contributed by atoms with Crippen LogP contribution in [0, 0.1) is 11.8 Å². The van der Waals surface area contributed by atoms with Crippen molar-refractivity contribution in [2.75, 3.05) is 19.6 Å². The zero-order chi connectivity index (χ0) is 21.7. The first-order chi connectivity index (χ1) is 14.9. The second-order valence-electron chi connectivity index (χ2n) is 9.86. The summed E-state index contributed by atoms with van der Waals surface area (Å²) >= 11 is 0. The number of hydrogen-bond acceptors (Lipinski definition) is 6. The third kappa shape index (κ3) is 4.01. The summed E-state index contributed by atoms with van der Waals surface area (Å²) in [5.74, 6) is 1.62. The number of rotatable bonds is 4. The van der Waals surface area contributed by atoms with Crippen LogP contribution in [0.2, 0.25) is 0 Å². The van der Waals surface area contributed by atoms with E-state index in [0.717, 1.165) is 31.4 Å². The highest BCUT2D eigenvalue weighted by Gasteiger charge is 2.38. The number of hydrazine groups is 1. The second kappa shape index (κ2) is 8.02. The Hall–Kier alpha value is -2.26. The lowest BCUT2D eigenvalue weighted by Crippen LogP contribution is -2.45. The van der Waals surface area contributed by atoms with E-state index in [1.54, 1.807) is 0 Å². The van der Waals surface area contributed by atoms with Gasteiger partial charge in [-0.1, -0.05) is 13.8 Å². The highest BCUT2D eigenvalue weighted by atomic mass is 16.2. The molecule has 4 heterocycles. The number of H-pyrrole nitrogens is 1. The minimum Gasteiger partial charge on any atom is -0.341 e. The van der Waals surface area contributed by atoms with Crippen molar-refractivity contribution < 1.29 is 9.59 Å². The Bertz CT molecular complexity index is 940. The lowest BCUT2D eigenvalue weighted by molar-refractivity contribution is -0.133. The third-order valence-electron chi connectivity index (χ3n) is 7.25. The van der Waals surface area contributed by atoms with Gasteiger partial charge in [-0.2, -0.15) is 0 Å². The van der Waals surface area contributed by atoms with Crippen molar-refractivity contribution in [1.29, 1.82) is 0 Å². The van der Waals surface area contributed by atoms with Gasteiger partial charge in [-0.15, -0.1) is 0 Å². The number of likely N-dealkylation sites (tertiary alicyclic amines) is 1. The van der Waals surface area contributed by atoms with Gasteiger partial charge >= 0.3 is 0 Å². The van der Waals surface area contributed by atoms with E-state index >= 15 is 0 Å². The molecular weight excluding hydrogens is 396 g/mol. The Labute approximate surface area is 181 Å². The summed E-state index contributed by atoms with van der Waals surface area (Å²) in [5.41, 5.74) is 7.72. The van der Waals surface area contributed by atoms with Gasteiger partial charge in [-0.05, 0) is 38.0 Å². The standard InChI is InChI=1S/C22H32N6O3/c1-12(2)16-9-17(26-25-16)22(31)27-7-5-14(10-27)19-23-18-11-28(21(30)13-3-4-13)8-6-15(18)20(29)24-19/h12-14,16-17,25-26H,3-11H2,1-2H3,(H,23,24,29). The summed E-state index contributed by atoms with van der Waals surface area (Å²) in [7, 11) is 0. The molecule has 1 aromatic heterocycles. The molecule has 2 saturated heterocycles. The van der Waals surface area contributed by atoms with Gasteiger partial charge in [-0.3, -0.25) is 19.8 Å². The Morgan fingerprint density at radius 2 is 1.87 bits per heavy atom. The van der Waals surface area contributed by atoms with E-state index in [9.17, 15) is 14.4 Å². The molecule has 0 radical (unpaired) electrons. The topological polar surface area (TPSA) is 110 Å². The van der Waals surface area contributed by atoms with E-state index in [4.69, 9.17) is 4.98 Å². The van der Waals surface area contributed by atoms with Crippen LogP contribution in [0.5, 0.6) is 0 Å². The van der Waals surface area contributed by atoms with Crippen molar-refractivity contribution >= 4 is 11.8 Å². The zero-order valence-electron chi connectivity index (χ0n) is 18.3. The summed E-state index contributed by atoms with van der Waals surface area (Å²) < 4.78 is 0. The zero-order valence-corrected chi connectivity index (χ0v) is 18.3. The van der Waals surface area contributed by atoms with Gasteiger partial charge in [0.1, 0.15) is 11.9 Å². The lowest BCUT2D eigenvalue weighted by Gasteiger charge is -2.28.